The fraction of sp³-hybridized carbons (Fsp3) is 0.0938. The van der Waals surface area contributed by atoms with Crippen LogP contribution in [0.2, 0.25) is 0 Å². The van der Waals surface area contributed by atoms with Crippen LogP contribution in [-0.2, 0) is 0 Å². The summed E-state index contributed by atoms with van der Waals surface area (Å²) in [5, 5.41) is 0. The van der Waals surface area contributed by atoms with Crippen LogP contribution in [0.3, 0.4) is 0 Å². The van der Waals surface area contributed by atoms with Crippen molar-refractivity contribution in [2.45, 2.75) is 34.6 Å². The van der Waals surface area contributed by atoms with Crippen molar-refractivity contribution in [3.63, 3.8) is 0 Å². The molecule has 0 aromatic heterocycles. The van der Waals surface area contributed by atoms with Crippen LogP contribution in [0.5, 0.6) is 5.75 Å². The summed E-state index contributed by atoms with van der Waals surface area (Å²) in [7, 11) is 0. The normalized spacial score (nSPS) is 11.2. The summed E-state index contributed by atoms with van der Waals surface area (Å²) in [5.74, 6) is 0.856. The highest BCUT2D eigenvalue weighted by atomic mass is 16.5. The first kappa shape index (κ1) is 44.8. The molecule has 0 aliphatic heterocycles. The quantitative estimate of drug-likeness (QED) is 0.0955. The molecule has 9 aromatic carbocycles. The molecule has 0 bridgehead atoms. The second kappa shape index (κ2) is 20.9. The van der Waals surface area contributed by atoms with Crippen LogP contribution >= 0.6 is 0 Å². The molecule has 4 heteroatoms. The zero-order valence-corrected chi connectivity index (χ0v) is 39.6. The maximum absolute atomic E-state index is 5.80. The molecule has 0 N–H and O–H groups in total. The van der Waals surface area contributed by atoms with Crippen LogP contribution in [0, 0.1) is 27.7 Å². The molecule has 0 aliphatic carbocycles. The van der Waals surface area contributed by atoms with Gasteiger partial charge in [0.2, 0.25) is 0 Å². The average molecular weight is 884 g/mol. The molecule has 4 nitrogen and oxygen atoms in total. The lowest BCUT2D eigenvalue weighted by Gasteiger charge is -2.26. The van der Waals surface area contributed by atoms with E-state index in [1.54, 1.807) is 0 Å². The van der Waals surface area contributed by atoms with E-state index >= 15 is 0 Å². The highest BCUT2D eigenvalue weighted by Gasteiger charge is 2.15. The minimum atomic E-state index is 0.625. The number of ether oxygens (including phenoxy) is 1. The fourth-order valence-electron chi connectivity index (χ4n) is 8.30. The maximum Gasteiger partial charge on any atom is 0.119 e. The zero-order valence-electron chi connectivity index (χ0n) is 39.6. The largest absolute Gasteiger partial charge is 0.494 e. The molecular formula is C64H57N3O. The molecule has 0 atom stereocenters. The van der Waals surface area contributed by atoms with Gasteiger partial charge >= 0.3 is 0 Å². The topological polar surface area (TPSA) is 19.0 Å². The van der Waals surface area contributed by atoms with Gasteiger partial charge in [0, 0.05) is 51.2 Å². The Labute approximate surface area is 403 Å². The van der Waals surface area contributed by atoms with Crippen LogP contribution in [0.15, 0.2) is 218 Å². The van der Waals surface area contributed by atoms with E-state index in [4.69, 9.17) is 4.74 Å². The summed E-state index contributed by atoms with van der Waals surface area (Å²) in [6.07, 6.45) is 8.71. The lowest BCUT2D eigenvalue weighted by atomic mass is 10.1. The van der Waals surface area contributed by atoms with Crippen molar-refractivity contribution in [2.24, 2.45) is 0 Å². The molecule has 68 heavy (non-hydrogen) atoms. The molecular weight excluding hydrogens is 827 g/mol. The van der Waals surface area contributed by atoms with E-state index in [1.165, 1.54) is 22.3 Å². The van der Waals surface area contributed by atoms with Crippen molar-refractivity contribution in [3.05, 3.63) is 263 Å². The Bertz CT molecular complexity index is 2800. The Morgan fingerprint density at radius 3 is 0.632 bits per heavy atom. The van der Waals surface area contributed by atoms with Gasteiger partial charge in [0.25, 0.3) is 0 Å². The van der Waals surface area contributed by atoms with Gasteiger partial charge in [-0.1, -0.05) is 144 Å². The van der Waals surface area contributed by atoms with Gasteiger partial charge in [0.05, 0.1) is 6.61 Å². The molecule has 0 saturated heterocycles. The van der Waals surface area contributed by atoms with Gasteiger partial charge in [-0.05, 0) is 178 Å². The molecule has 9 rings (SSSR count). The molecule has 0 saturated carbocycles. The van der Waals surface area contributed by atoms with Crippen LogP contribution in [0.25, 0.3) is 24.3 Å². The van der Waals surface area contributed by atoms with Crippen molar-refractivity contribution >= 4 is 75.5 Å². The average Bonchev–Trinajstić information content (AvgIpc) is 3.37. The molecule has 0 aliphatic rings. The number of rotatable bonds is 15. The minimum absolute atomic E-state index is 0.625. The van der Waals surface area contributed by atoms with Gasteiger partial charge < -0.3 is 19.4 Å². The Morgan fingerprint density at radius 1 is 0.265 bits per heavy atom. The summed E-state index contributed by atoms with van der Waals surface area (Å²) in [5.41, 5.74) is 19.4. The molecule has 334 valence electrons. The first-order valence-corrected chi connectivity index (χ1v) is 23.4. The van der Waals surface area contributed by atoms with Gasteiger partial charge in [-0.15, -0.1) is 0 Å². The number of hydrogen-bond donors (Lipinski definition) is 0. The van der Waals surface area contributed by atoms with E-state index in [9.17, 15) is 0 Å². The van der Waals surface area contributed by atoms with Gasteiger partial charge in [-0.25, -0.2) is 0 Å². The zero-order chi connectivity index (χ0) is 46.8. The summed E-state index contributed by atoms with van der Waals surface area (Å²) in [4.78, 5) is 6.90. The molecule has 0 unspecified atom stereocenters. The van der Waals surface area contributed by atoms with Crippen molar-refractivity contribution in [2.75, 3.05) is 21.3 Å². The van der Waals surface area contributed by atoms with Crippen LogP contribution < -0.4 is 19.4 Å². The van der Waals surface area contributed by atoms with Gasteiger partial charge in [0.1, 0.15) is 5.75 Å². The summed E-state index contributed by atoms with van der Waals surface area (Å²) in [6, 6.07) is 78.2. The number of benzene rings is 9. The Kier molecular flexibility index (Phi) is 13.8. The fourth-order valence-corrected chi connectivity index (χ4v) is 8.30. The van der Waals surface area contributed by atoms with E-state index in [2.05, 4.69) is 273 Å². The number of hydrogen-bond acceptors (Lipinski definition) is 4. The van der Waals surface area contributed by atoms with E-state index in [-0.39, 0.29) is 0 Å². The van der Waals surface area contributed by atoms with Crippen LogP contribution in [-0.4, -0.2) is 6.61 Å². The standard InChI is InChI=1S/C64H57N3O/c1-6-68-64-45-43-63(44-46-64)67(61-39-23-53(24-40-61)17-15-51-19-35-59(36-20-51)65(55-27-7-47(2)8-28-55)56-29-9-48(3)10-30-56)62-41-25-54(26-42-62)18-16-52-21-37-60(38-22-52)66(57-31-11-49(4)12-32-57)58-33-13-50(5)14-34-58/h7-46H,6H2,1-5H3. The Balaban J connectivity index is 0.918. The molecule has 0 radical (unpaired) electrons. The first-order chi connectivity index (χ1) is 33.3. The van der Waals surface area contributed by atoms with Crippen molar-refractivity contribution in [3.8, 4) is 5.75 Å². The maximum atomic E-state index is 5.80. The van der Waals surface area contributed by atoms with Gasteiger partial charge in [-0.3, -0.25) is 0 Å². The molecule has 0 fully saturated rings. The van der Waals surface area contributed by atoms with Crippen molar-refractivity contribution < 1.29 is 4.74 Å². The van der Waals surface area contributed by atoms with E-state index in [0.29, 0.717) is 6.61 Å². The van der Waals surface area contributed by atoms with E-state index < -0.39 is 0 Å². The summed E-state index contributed by atoms with van der Waals surface area (Å²) >= 11 is 0. The minimum Gasteiger partial charge on any atom is -0.494 e. The Hall–Kier alpha value is -8.34. The molecule has 0 heterocycles. The third-order valence-corrected chi connectivity index (χ3v) is 12.1. The SMILES string of the molecule is CCOc1ccc(N(c2ccc(C=Cc3ccc(N(c4ccc(C)cc4)c4ccc(C)cc4)cc3)cc2)c2ccc(C=Cc3ccc(N(c4ccc(C)cc4)c4ccc(C)cc4)cc3)cc2)cc1. The van der Waals surface area contributed by atoms with Crippen molar-refractivity contribution in [1.82, 2.24) is 0 Å². The molecule has 0 spiro atoms. The van der Waals surface area contributed by atoms with Crippen LogP contribution in [0.4, 0.5) is 51.2 Å². The third-order valence-electron chi connectivity index (χ3n) is 12.1. The van der Waals surface area contributed by atoms with Crippen LogP contribution in [0.1, 0.15) is 51.4 Å². The Morgan fingerprint density at radius 2 is 0.441 bits per heavy atom. The second-order valence-electron chi connectivity index (χ2n) is 17.3. The number of nitrogens with zero attached hydrogens (tertiary/aromatic N) is 3. The number of anilines is 9. The first-order valence-electron chi connectivity index (χ1n) is 23.4. The van der Waals surface area contributed by atoms with E-state index in [1.807, 2.05) is 19.1 Å². The molecule has 0 amide bonds. The summed E-state index contributed by atoms with van der Waals surface area (Å²) in [6.45, 7) is 11.1. The lowest BCUT2D eigenvalue weighted by Crippen LogP contribution is -2.10. The summed E-state index contributed by atoms with van der Waals surface area (Å²) < 4.78 is 5.80. The smallest absolute Gasteiger partial charge is 0.119 e. The molecule has 9 aromatic rings. The highest BCUT2D eigenvalue weighted by molar-refractivity contribution is 5.82. The lowest BCUT2D eigenvalue weighted by molar-refractivity contribution is 0.340. The predicted molar refractivity (Wildman–Crippen MR) is 291 cm³/mol. The van der Waals surface area contributed by atoms with E-state index in [0.717, 1.165) is 79.2 Å². The second-order valence-corrected chi connectivity index (χ2v) is 17.3. The monoisotopic (exact) mass is 883 g/mol. The highest BCUT2D eigenvalue weighted by Crippen LogP contribution is 2.38. The third kappa shape index (κ3) is 10.8. The van der Waals surface area contributed by atoms with Crippen molar-refractivity contribution in [1.29, 1.82) is 0 Å². The van der Waals surface area contributed by atoms with Gasteiger partial charge in [0.15, 0.2) is 0 Å². The predicted octanol–water partition coefficient (Wildman–Crippen LogP) is 18.1. The number of aryl methyl sites for hydroxylation is 4. The van der Waals surface area contributed by atoms with Gasteiger partial charge in [-0.2, -0.15) is 0 Å².